The highest BCUT2D eigenvalue weighted by molar-refractivity contribution is 8.28. The molecule has 0 bridgehead atoms. The van der Waals surface area contributed by atoms with Crippen molar-refractivity contribution in [3.05, 3.63) is 29.3 Å². The first kappa shape index (κ1) is 9.62. The fraction of sp³-hybridized carbons (Fsp3) is 0.400. The molecule has 0 amide bonds. The van der Waals surface area contributed by atoms with Gasteiger partial charge in [-0.1, -0.05) is 12.1 Å². The average molecular weight is 184 g/mol. The molecule has 1 aromatic carbocycles. The van der Waals surface area contributed by atoms with Crippen molar-refractivity contribution < 1.29 is 4.55 Å². The van der Waals surface area contributed by atoms with E-state index < -0.39 is 10.3 Å². The Balaban J connectivity index is 3.23. The van der Waals surface area contributed by atoms with Crippen LogP contribution in [-0.2, 0) is 0 Å². The maximum absolute atomic E-state index is 9.88. The standard InChI is InChI=1S/C10H16OS/c1-8-5-6-9(2)10(7-8)12(3,4)11/h5-7,11H,1-4H3. The molecule has 0 saturated carbocycles. The molecule has 0 aromatic heterocycles. The van der Waals surface area contributed by atoms with E-state index in [9.17, 15) is 4.55 Å². The summed E-state index contributed by atoms with van der Waals surface area (Å²) in [5, 5.41) is 0. The Bertz CT molecular complexity index is 286. The highest BCUT2D eigenvalue weighted by Crippen LogP contribution is 2.46. The predicted octanol–water partition coefficient (Wildman–Crippen LogP) is 3.20. The fourth-order valence-electron chi connectivity index (χ4n) is 1.25. The molecule has 0 atom stereocenters. The molecule has 0 spiro atoms. The van der Waals surface area contributed by atoms with Crippen molar-refractivity contribution in [2.24, 2.45) is 0 Å². The molecule has 12 heavy (non-hydrogen) atoms. The largest absolute Gasteiger partial charge is 0.348 e. The third-order valence-corrected chi connectivity index (χ3v) is 3.40. The van der Waals surface area contributed by atoms with Crippen molar-refractivity contribution >= 4 is 10.3 Å². The predicted molar refractivity (Wildman–Crippen MR) is 56.2 cm³/mol. The van der Waals surface area contributed by atoms with E-state index in [-0.39, 0.29) is 0 Å². The monoisotopic (exact) mass is 184 g/mol. The van der Waals surface area contributed by atoms with Crippen molar-refractivity contribution in [2.45, 2.75) is 18.7 Å². The molecule has 1 N–H and O–H groups in total. The number of hydrogen-bond acceptors (Lipinski definition) is 1. The van der Waals surface area contributed by atoms with Crippen LogP contribution in [0.4, 0.5) is 0 Å². The van der Waals surface area contributed by atoms with Crippen LogP contribution in [0.1, 0.15) is 11.1 Å². The Kier molecular flexibility index (Phi) is 2.49. The normalized spacial score (nSPS) is 13.1. The second kappa shape index (κ2) is 3.11. The third-order valence-electron chi connectivity index (χ3n) is 1.88. The summed E-state index contributed by atoms with van der Waals surface area (Å²) in [6.45, 7) is 4.09. The molecule has 0 fully saturated rings. The minimum Gasteiger partial charge on any atom is -0.348 e. The molecule has 1 nitrogen and oxygen atoms in total. The van der Waals surface area contributed by atoms with Crippen LogP contribution in [0.15, 0.2) is 23.1 Å². The molecule has 0 aliphatic rings. The van der Waals surface area contributed by atoms with Gasteiger partial charge < -0.3 is 4.55 Å². The molecular weight excluding hydrogens is 168 g/mol. The number of rotatable bonds is 1. The molecular formula is C10H16OS. The van der Waals surface area contributed by atoms with E-state index in [1.54, 1.807) is 0 Å². The summed E-state index contributed by atoms with van der Waals surface area (Å²) in [5.74, 6) is 0. The van der Waals surface area contributed by atoms with Gasteiger partial charge in [0, 0.05) is 4.90 Å². The van der Waals surface area contributed by atoms with Crippen LogP contribution in [0.25, 0.3) is 0 Å². The van der Waals surface area contributed by atoms with Crippen molar-refractivity contribution in [2.75, 3.05) is 12.5 Å². The van der Waals surface area contributed by atoms with E-state index in [4.69, 9.17) is 0 Å². The zero-order valence-electron chi connectivity index (χ0n) is 8.09. The second-order valence-electron chi connectivity index (χ2n) is 3.54. The Labute approximate surface area is 76.0 Å². The molecule has 0 unspecified atom stereocenters. The highest BCUT2D eigenvalue weighted by Gasteiger charge is 2.12. The summed E-state index contributed by atoms with van der Waals surface area (Å²) in [6, 6.07) is 6.21. The van der Waals surface area contributed by atoms with Gasteiger partial charge in [-0.2, -0.15) is 0 Å². The maximum atomic E-state index is 9.88. The van der Waals surface area contributed by atoms with E-state index in [2.05, 4.69) is 18.2 Å². The van der Waals surface area contributed by atoms with Crippen LogP contribution in [0.3, 0.4) is 0 Å². The second-order valence-corrected chi connectivity index (χ2v) is 6.53. The summed E-state index contributed by atoms with van der Waals surface area (Å²) >= 11 is 0. The molecule has 0 aliphatic heterocycles. The van der Waals surface area contributed by atoms with Gasteiger partial charge >= 0.3 is 0 Å². The Morgan fingerprint density at radius 3 is 2.17 bits per heavy atom. The average Bonchev–Trinajstić information content (AvgIpc) is 1.92. The number of hydrogen-bond donors (Lipinski definition) is 1. The lowest BCUT2D eigenvalue weighted by Crippen LogP contribution is -1.97. The minimum atomic E-state index is -1.56. The minimum absolute atomic E-state index is 1.10. The van der Waals surface area contributed by atoms with Gasteiger partial charge in [0.15, 0.2) is 0 Å². The van der Waals surface area contributed by atoms with Gasteiger partial charge in [-0.15, -0.1) is 10.3 Å². The molecule has 68 valence electrons. The molecule has 0 radical (unpaired) electrons. The number of benzene rings is 1. The lowest BCUT2D eigenvalue weighted by Gasteiger charge is -2.26. The summed E-state index contributed by atoms with van der Waals surface area (Å²) in [7, 11) is -1.56. The fourth-order valence-corrected chi connectivity index (χ4v) is 2.58. The van der Waals surface area contributed by atoms with Crippen molar-refractivity contribution in [1.29, 1.82) is 0 Å². The molecule has 1 rings (SSSR count). The summed E-state index contributed by atoms with van der Waals surface area (Å²) in [5.41, 5.74) is 2.40. The van der Waals surface area contributed by atoms with Gasteiger partial charge in [-0.3, -0.25) is 0 Å². The maximum Gasteiger partial charge on any atom is 0.0151 e. The summed E-state index contributed by atoms with van der Waals surface area (Å²) < 4.78 is 9.88. The van der Waals surface area contributed by atoms with Gasteiger partial charge in [-0.05, 0) is 43.6 Å². The Hall–Kier alpha value is -0.470. The zero-order valence-corrected chi connectivity index (χ0v) is 8.90. The van der Waals surface area contributed by atoms with Crippen LogP contribution in [0.5, 0.6) is 0 Å². The SMILES string of the molecule is Cc1ccc(C)c(S(C)(C)O)c1. The lowest BCUT2D eigenvalue weighted by molar-refractivity contribution is 0.636. The van der Waals surface area contributed by atoms with Gasteiger partial charge in [0.1, 0.15) is 0 Å². The van der Waals surface area contributed by atoms with Crippen molar-refractivity contribution in [3.63, 3.8) is 0 Å². The first-order valence-corrected chi connectivity index (χ1v) is 6.35. The topological polar surface area (TPSA) is 20.2 Å². The Morgan fingerprint density at radius 1 is 1.17 bits per heavy atom. The molecule has 0 heterocycles. The van der Waals surface area contributed by atoms with E-state index >= 15 is 0 Å². The lowest BCUT2D eigenvalue weighted by atomic mass is 10.2. The van der Waals surface area contributed by atoms with Crippen molar-refractivity contribution in [3.8, 4) is 0 Å². The van der Waals surface area contributed by atoms with Gasteiger partial charge in [0.2, 0.25) is 0 Å². The van der Waals surface area contributed by atoms with Crippen LogP contribution >= 0.6 is 10.3 Å². The van der Waals surface area contributed by atoms with E-state index in [1.165, 1.54) is 11.1 Å². The summed E-state index contributed by atoms with van der Waals surface area (Å²) in [4.78, 5) is 1.10. The molecule has 2 heteroatoms. The van der Waals surface area contributed by atoms with E-state index in [1.807, 2.05) is 26.4 Å². The van der Waals surface area contributed by atoms with Gasteiger partial charge in [0.25, 0.3) is 0 Å². The van der Waals surface area contributed by atoms with Crippen molar-refractivity contribution in [1.82, 2.24) is 0 Å². The van der Waals surface area contributed by atoms with E-state index in [0.29, 0.717) is 0 Å². The molecule has 0 saturated heterocycles. The van der Waals surface area contributed by atoms with Gasteiger partial charge in [0.05, 0.1) is 0 Å². The third kappa shape index (κ3) is 2.02. The first-order valence-electron chi connectivity index (χ1n) is 3.94. The van der Waals surface area contributed by atoms with Crippen LogP contribution in [0.2, 0.25) is 0 Å². The van der Waals surface area contributed by atoms with Crippen LogP contribution in [0, 0.1) is 13.8 Å². The van der Waals surface area contributed by atoms with E-state index in [0.717, 1.165) is 4.90 Å². The zero-order chi connectivity index (χ0) is 9.35. The summed E-state index contributed by atoms with van der Waals surface area (Å²) in [6.07, 6.45) is 3.80. The Morgan fingerprint density at radius 2 is 1.75 bits per heavy atom. The molecule has 0 aliphatic carbocycles. The first-order chi connectivity index (χ1) is 5.41. The van der Waals surface area contributed by atoms with Gasteiger partial charge in [-0.25, -0.2) is 0 Å². The quantitative estimate of drug-likeness (QED) is 0.710. The highest BCUT2D eigenvalue weighted by atomic mass is 32.3. The van der Waals surface area contributed by atoms with Crippen LogP contribution in [-0.4, -0.2) is 17.1 Å². The molecule has 1 aromatic rings. The number of aryl methyl sites for hydroxylation is 2. The smallest absolute Gasteiger partial charge is 0.0151 e. The van der Waals surface area contributed by atoms with Crippen LogP contribution < -0.4 is 0 Å².